The molecule has 4 rings (SSSR count). The third kappa shape index (κ3) is 3.22. The predicted octanol–water partition coefficient (Wildman–Crippen LogP) is 3.15. The van der Waals surface area contributed by atoms with Gasteiger partial charge < -0.3 is 19.9 Å². The summed E-state index contributed by atoms with van der Waals surface area (Å²) in [4.78, 5) is 6.60. The van der Waals surface area contributed by atoms with E-state index in [2.05, 4.69) is 57.2 Å². The second kappa shape index (κ2) is 7.50. The molecule has 1 aromatic carbocycles. The van der Waals surface area contributed by atoms with Gasteiger partial charge in [-0.05, 0) is 55.0 Å². The molecule has 27 heavy (non-hydrogen) atoms. The zero-order valence-corrected chi connectivity index (χ0v) is 15.9. The summed E-state index contributed by atoms with van der Waals surface area (Å²) in [6.45, 7) is 2.62. The van der Waals surface area contributed by atoms with Gasteiger partial charge in [0.05, 0.1) is 24.4 Å². The number of nitrogens with one attached hydrogen (secondary N) is 1. The number of rotatable bonds is 5. The number of nitrogens with zero attached hydrogens (tertiary/aromatic N) is 3. The Morgan fingerprint density at radius 1 is 1.11 bits per heavy atom. The van der Waals surface area contributed by atoms with Crippen LogP contribution < -0.4 is 5.32 Å². The molecule has 5 nitrogen and oxygen atoms in total. The van der Waals surface area contributed by atoms with Crippen LogP contribution >= 0.6 is 12.2 Å². The maximum absolute atomic E-state index is 9.60. The van der Waals surface area contributed by atoms with Crippen molar-refractivity contribution in [3.63, 3.8) is 0 Å². The first-order valence-corrected chi connectivity index (χ1v) is 9.43. The van der Waals surface area contributed by atoms with E-state index < -0.39 is 0 Å². The normalized spacial score (nSPS) is 19.3. The molecule has 0 saturated carbocycles. The van der Waals surface area contributed by atoms with E-state index in [4.69, 9.17) is 12.2 Å². The number of benzene rings is 1. The fourth-order valence-electron chi connectivity index (χ4n) is 3.76. The van der Waals surface area contributed by atoms with Crippen LogP contribution in [0.5, 0.6) is 0 Å². The van der Waals surface area contributed by atoms with Gasteiger partial charge in [0.25, 0.3) is 0 Å². The van der Waals surface area contributed by atoms with Crippen LogP contribution in [0.25, 0.3) is 5.69 Å². The molecule has 0 amide bonds. The van der Waals surface area contributed by atoms with Gasteiger partial charge in [0.2, 0.25) is 0 Å². The highest BCUT2D eigenvalue weighted by molar-refractivity contribution is 7.80. The van der Waals surface area contributed by atoms with Gasteiger partial charge in [-0.2, -0.15) is 0 Å². The summed E-state index contributed by atoms with van der Waals surface area (Å²) in [6, 6.07) is 18.3. The number of hydrogen-bond donors (Lipinski definition) is 2. The minimum absolute atomic E-state index is 0.0400. The van der Waals surface area contributed by atoms with Gasteiger partial charge in [-0.15, -0.1) is 0 Å². The summed E-state index contributed by atoms with van der Waals surface area (Å²) in [7, 11) is 0. The number of aliphatic hydroxyl groups excluding tert-OH is 1. The van der Waals surface area contributed by atoms with Crippen LogP contribution in [0.15, 0.2) is 67.0 Å². The molecular weight excluding hydrogens is 356 g/mol. The zero-order chi connectivity index (χ0) is 18.8. The quantitative estimate of drug-likeness (QED) is 0.668. The van der Waals surface area contributed by atoms with Crippen LogP contribution in [0, 0.1) is 6.92 Å². The number of aliphatic hydroxyl groups is 1. The maximum atomic E-state index is 9.60. The number of aryl methyl sites for hydroxylation is 1. The molecule has 6 heteroatoms. The van der Waals surface area contributed by atoms with Gasteiger partial charge in [0, 0.05) is 30.3 Å². The SMILES string of the molecule is Cc1ccccc1-n1cccc1[C@H]1[C@H](c2ccccn2)NC(=S)N1CCO. The van der Waals surface area contributed by atoms with Crippen molar-refractivity contribution in [1.82, 2.24) is 19.8 Å². The van der Waals surface area contributed by atoms with Crippen LogP contribution in [0.3, 0.4) is 0 Å². The van der Waals surface area contributed by atoms with Gasteiger partial charge >= 0.3 is 0 Å². The highest BCUT2D eigenvalue weighted by Crippen LogP contribution is 2.39. The second-order valence-corrected chi connectivity index (χ2v) is 7.02. The Morgan fingerprint density at radius 2 is 1.93 bits per heavy atom. The number of pyridine rings is 1. The lowest BCUT2D eigenvalue weighted by Crippen LogP contribution is -2.33. The third-order valence-corrected chi connectivity index (χ3v) is 5.35. The lowest BCUT2D eigenvalue weighted by molar-refractivity contribution is 0.220. The zero-order valence-electron chi connectivity index (χ0n) is 15.1. The summed E-state index contributed by atoms with van der Waals surface area (Å²) in [5.74, 6) is 0. The molecule has 1 aliphatic rings. The molecule has 0 bridgehead atoms. The number of β-amino-alcohol motifs (C(OH)–C–C–N with tert-alkyl or cyclic N) is 1. The minimum Gasteiger partial charge on any atom is -0.395 e. The molecule has 0 unspecified atom stereocenters. The van der Waals surface area contributed by atoms with E-state index in [0.717, 1.165) is 17.1 Å². The van der Waals surface area contributed by atoms with Crippen molar-refractivity contribution in [3.8, 4) is 5.69 Å². The van der Waals surface area contributed by atoms with Crippen LogP contribution in [-0.2, 0) is 0 Å². The standard InChI is InChI=1S/C21H22N4OS/c1-15-7-2-3-9-17(15)24-12-6-10-18(24)20-19(16-8-4-5-11-22-16)23-21(27)25(20)13-14-26/h2-12,19-20,26H,13-14H2,1H3,(H,23,27)/t19-,20-/m0/s1. The maximum Gasteiger partial charge on any atom is 0.170 e. The highest BCUT2D eigenvalue weighted by Gasteiger charge is 2.40. The van der Waals surface area contributed by atoms with Crippen LogP contribution in [0.1, 0.15) is 29.0 Å². The molecule has 138 valence electrons. The van der Waals surface area contributed by atoms with Gasteiger partial charge in [-0.25, -0.2) is 0 Å². The van der Waals surface area contributed by atoms with Crippen LogP contribution in [-0.4, -0.2) is 37.8 Å². The van der Waals surface area contributed by atoms with Crippen molar-refractivity contribution in [2.45, 2.75) is 19.0 Å². The first-order chi connectivity index (χ1) is 13.2. The lowest BCUT2D eigenvalue weighted by atomic mass is 10.0. The average Bonchev–Trinajstić information content (AvgIpc) is 3.28. The smallest absolute Gasteiger partial charge is 0.170 e. The molecule has 2 N–H and O–H groups in total. The molecule has 0 aliphatic carbocycles. The molecule has 0 radical (unpaired) electrons. The Bertz CT molecular complexity index is 940. The van der Waals surface area contributed by atoms with Crippen molar-refractivity contribution in [2.75, 3.05) is 13.2 Å². The third-order valence-electron chi connectivity index (χ3n) is 5.00. The van der Waals surface area contributed by atoms with E-state index in [1.165, 1.54) is 5.56 Å². The van der Waals surface area contributed by atoms with Crippen LogP contribution in [0.2, 0.25) is 0 Å². The monoisotopic (exact) mass is 378 g/mol. The van der Waals surface area contributed by atoms with E-state index in [0.29, 0.717) is 11.7 Å². The van der Waals surface area contributed by atoms with E-state index in [1.807, 2.05) is 30.3 Å². The molecule has 3 aromatic rings. The van der Waals surface area contributed by atoms with Gasteiger partial charge in [-0.1, -0.05) is 24.3 Å². The first-order valence-electron chi connectivity index (χ1n) is 9.03. The Kier molecular flexibility index (Phi) is 4.92. The number of hydrogen-bond acceptors (Lipinski definition) is 3. The largest absolute Gasteiger partial charge is 0.395 e. The van der Waals surface area contributed by atoms with Crippen molar-refractivity contribution in [3.05, 3.63) is 83.9 Å². The van der Waals surface area contributed by atoms with Crippen molar-refractivity contribution in [2.24, 2.45) is 0 Å². The molecule has 2 aromatic heterocycles. The summed E-state index contributed by atoms with van der Waals surface area (Å²) in [5, 5.41) is 13.6. The number of aromatic nitrogens is 2. The van der Waals surface area contributed by atoms with Crippen LogP contribution in [0.4, 0.5) is 0 Å². The van der Waals surface area contributed by atoms with E-state index in [1.54, 1.807) is 6.20 Å². The number of para-hydroxylation sites is 1. The fraction of sp³-hybridized carbons (Fsp3) is 0.238. The molecule has 1 aliphatic heterocycles. The summed E-state index contributed by atoms with van der Waals surface area (Å²) in [6.07, 6.45) is 3.87. The van der Waals surface area contributed by atoms with E-state index >= 15 is 0 Å². The summed E-state index contributed by atoms with van der Waals surface area (Å²) < 4.78 is 2.20. The van der Waals surface area contributed by atoms with Gasteiger partial charge in [0.15, 0.2) is 5.11 Å². The Labute approximate surface area is 164 Å². The number of thiocarbonyl (C=S) groups is 1. The van der Waals surface area contributed by atoms with E-state index in [-0.39, 0.29) is 18.7 Å². The molecule has 0 spiro atoms. The summed E-state index contributed by atoms with van der Waals surface area (Å²) in [5.41, 5.74) is 4.38. The second-order valence-electron chi connectivity index (χ2n) is 6.63. The Balaban J connectivity index is 1.83. The lowest BCUT2D eigenvalue weighted by Gasteiger charge is -2.28. The fourth-order valence-corrected chi connectivity index (χ4v) is 4.10. The molecular formula is C21H22N4OS. The van der Waals surface area contributed by atoms with E-state index in [9.17, 15) is 5.11 Å². The molecule has 1 saturated heterocycles. The van der Waals surface area contributed by atoms with Crippen molar-refractivity contribution < 1.29 is 5.11 Å². The molecule has 1 fully saturated rings. The molecule has 3 heterocycles. The Hall–Kier alpha value is -2.70. The van der Waals surface area contributed by atoms with Gasteiger partial charge in [-0.3, -0.25) is 4.98 Å². The summed E-state index contributed by atoms with van der Waals surface area (Å²) >= 11 is 5.59. The van der Waals surface area contributed by atoms with Gasteiger partial charge in [0.1, 0.15) is 0 Å². The minimum atomic E-state index is -0.0806. The van der Waals surface area contributed by atoms with Crippen molar-refractivity contribution in [1.29, 1.82) is 0 Å². The highest BCUT2D eigenvalue weighted by atomic mass is 32.1. The first kappa shape index (κ1) is 17.7. The Morgan fingerprint density at radius 3 is 2.67 bits per heavy atom. The van der Waals surface area contributed by atoms with Crippen molar-refractivity contribution >= 4 is 17.3 Å². The average molecular weight is 379 g/mol. The topological polar surface area (TPSA) is 53.3 Å². The predicted molar refractivity (Wildman–Crippen MR) is 110 cm³/mol. The molecule has 2 atom stereocenters.